The van der Waals surface area contributed by atoms with Crippen molar-refractivity contribution in [2.75, 3.05) is 7.05 Å². The molecule has 2 heterocycles. The number of benzene rings is 1. The van der Waals surface area contributed by atoms with Crippen molar-refractivity contribution in [3.63, 3.8) is 0 Å². The number of amides is 1. The van der Waals surface area contributed by atoms with Crippen LogP contribution in [0.2, 0.25) is 0 Å². The van der Waals surface area contributed by atoms with Crippen LogP contribution in [0.15, 0.2) is 46.3 Å². The predicted octanol–water partition coefficient (Wildman–Crippen LogP) is 4.09. The monoisotopic (exact) mass is 359 g/mol. The number of nitrogens with zero attached hydrogens (tertiary/aromatic N) is 3. The average Bonchev–Trinajstić information content (AvgIpc) is 3.30. The topological polar surface area (TPSA) is 59.2 Å². The molecule has 0 spiro atoms. The summed E-state index contributed by atoms with van der Waals surface area (Å²) < 4.78 is 18.2. The van der Waals surface area contributed by atoms with Gasteiger partial charge in [-0.25, -0.2) is 4.39 Å². The zero-order valence-corrected chi connectivity index (χ0v) is 14.8. The van der Waals surface area contributed by atoms with Crippen LogP contribution in [0, 0.1) is 5.82 Å². The number of carbonyl (C=O) groups excluding carboxylic acids is 1. The van der Waals surface area contributed by atoms with Gasteiger partial charge >= 0.3 is 0 Å². The van der Waals surface area contributed by atoms with Gasteiger partial charge in [0.05, 0.1) is 10.9 Å². The third-order valence-corrected chi connectivity index (χ3v) is 4.95. The molecule has 0 aliphatic rings. The molecule has 1 aromatic carbocycles. The lowest BCUT2D eigenvalue weighted by molar-refractivity contribution is -0.131. The van der Waals surface area contributed by atoms with E-state index < -0.39 is 0 Å². The molecule has 3 aromatic rings. The van der Waals surface area contributed by atoms with E-state index in [-0.39, 0.29) is 24.2 Å². The Morgan fingerprint density at radius 3 is 2.76 bits per heavy atom. The number of hydrogen-bond acceptors (Lipinski definition) is 5. The highest BCUT2D eigenvalue weighted by atomic mass is 32.1. The van der Waals surface area contributed by atoms with E-state index in [1.807, 2.05) is 24.4 Å². The van der Waals surface area contributed by atoms with Crippen LogP contribution >= 0.6 is 11.3 Å². The molecule has 0 bridgehead atoms. The third kappa shape index (κ3) is 4.11. The molecule has 0 radical (unpaired) electrons. The smallest absolute Gasteiger partial charge is 0.227 e. The molecular formula is C18H18FN3O2S. The van der Waals surface area contributed by atoms with Gasteiger partial charge in [-0.15, -0.1) is 11.3 Å². The Bertz CT molecular complexity index is 830. The third-order valence-electron chi connectivity index (χ3n) is 4.09. The second kappa shape index (κ2) is 7.57. The molecule has 0 N–H and O–H groups in total. The Labute approximate surface area is 149 Å². The van der Waals surface area contributed by atoms with E-state index in [0.29, 0.717) is 18.1 Å². The molecule has 0 aliphatic carbocycles. The lowest BCUT2D eigenvalue weighted by Crippen LogP contribution is -2.29. The van der Waals surface area contributed by atoms with Crippen LogP contribution in [-0.2, 0) is 11.2 Å². The van der Waals surface area contributed by atoms with Gasteiger partial charge in [-0.2, -0.15) is 4.98 Å². The molecule has 2 aromatic heterocycles. The van der Waals surface area contributed by atoms with Gasteiger partial charge < -0.3 is 9.42 Å². The highest BCUT2D eigenvalue weighted by Gasteiger charge is 2.18. The van der Waals surface area contributed by atoms with Crippen LogP contribution in [0.5, 0.6) is 0 Å². The van der Waals surface area contributed by atoms with Gasteiger partial charge in [-0.3, -0.25) is 4.79 Å². The van der Waals surface area contributed by atoms with Crippen LogP contribution in [0.3, 0.4) is 0 Å². The maximum Gasteiger partial charge on any atom is 0.227 e. The Morgan fingerprint density at radius 2 is 2.08 bits per heavy atom. The van der Waals surface area contributed by atoms with Crippen LogP contribution < -0.4 is 0 Å². The lowest BCUT2D eigenvalue weighted by Gasteiger charge is -2.25. The van der Waals surface area contributed by atoms with E-state index in [9.17, 15) is 9.18 Å². The maximum atomic E-state index is 13.0. The molecule has 1 unspecified atom stereocenters. The Hall–Kier alpha value is -2.54. The maximum absolute atomic E-state index is 13.0. The fraction of sp³-hybridized carbons (Fsp3) is 0.278. The van der Waals surface area contributed by atoms with Crippen molar-refractivity contribution >= 4 is 17.2 Å². The standard InChI is InChI=1S/C18H18FN3O2S/c1-12(13-5-7-14(19)8-6-13)22(2)17(23)10-9-16-20-18(21-24-16)15-4-3-11-25-15/h3-8,11-12H,9-10H2,1-2H3. The van der Waals surface area contributed by atoms with Crippen molar-refractivity contribution in [3.05, 3.63) is 59.0 Å². The van der Waals surface area contributed by atoms with E-state index >= 15 is 0 Å². The Balaban J connectivity index is 1.57. The second-order valence-electron chi connectivity index (χ2n) is 5.72. The van der Waals surface area contributed by atoms with Crippen LogP contribution in [0.25, 0.3) is 10.7 Å². The SMILES string of the molecule is CC(c1ccc(F)cc1)N(C)C(=O)CCc1nc(-c2cccs2)no1. The highest BCUT2D eigenvalue weighted by Crippen LogP contribution is 2.22. The summed E-state index contributed by atoms with van der Waals surface area (Å²) in [4.78, 5) is 19.3. The summed E-state index contributed by atoms with van der Waals surface area (Å²) in [5.41, 5.74) is 0.884. The normalized spacial score (nSPS) is 12.1. The first-order valence-corrected chi connectivity index (χ1v) is 8.80. The van der Waals surface area contributed by atoms with Gasteiger partial charge in [0, 0.05) is 19.9 Å². The number of carbonyl (C=O) groups is 1. The molecule has 1 amide bonds. The minimum absolute atomic E-state index is 0.0345. The Kier molecular flexibility index (Phi) is 5.23. The van der Waals surface area contributed by atoms with Gasteiger partial charge in [0.25, 0.3) is 0 Å². The predicted molar refractivity (Wildman–Crippen MR) is 93.5 cm³/mol. The number of thiophene rings is 1. The van der Waals surface area contributed by atoms with Crippen molar-refractivity contribution in [2.24, 2.45) is 0 Å². The number of rotatable bonds is 6. The summed E-state index contributed by atoms with van der Waals surface area (Å²) in [5, 5.41) is 5.88. The first-order chi connectivity index (χ1) is 12.0. The minimum atomic E-state index is -0.289. The van der Waals surface area contributed by atoms with Crippen molar-refractivity contribution in [1.29, 1.82) is 0 Å². The quantitative estimate of drug-likeness (QED) is 0.665. The fourth-order valence-corrected chi connectivity index (χ4v) is 3.08. The van der Waals surface area contributed by atoms with E-state index in [1.165, 1.54) is 23.5 Å². The number of aryl methyl sites for hydroxylation is 1. The molecule has 0 saturated carbocycles. The molecule has 5 nitrogen and oxygen atoms in total. The largest absolute Gasteiger partial charge is 0.339 e. The molecule has 3 rings (SSSR count). The van der Waals surface area contributed by atoms with Crippen molar-refractivity contribution in [1.82, 2.24) is 15.0 Å². The zero-order chi connectivity index (χ0) is 17.8. The minimum Gasteiger partial charge on any atom is -0.339 e. The van der Waals surface area contributed by atoms with Crippen LogP contribution in [0.4, 0.5) is 4.39 Å². The zero-order valence-electron chi connectivity index (χ0n) is 14.0. The first kappa shape index (κ1) is 17.3. The van der Waals surface area contributed by atoms with Gasteiger partial charge in [0.15, 0.2) is 0 Å². The van der Waals surface area contributed by atoms with Crippen LogP contribution in [-0.4, -0.2) is 28.0 Å². The Morgan fingerprint density at radius 1 is 1.32 bits per heavy atom. The molecular weight excluding hydrogens is 341 g/mol. The van der Waals surface area contributed by atoms with Gasteiger partial charge in [0.1, 0.15) is 5.82 Å². The lowest BCUT2D eigenvalue weighted by atomic mass is 10.1. The summed E-state index contributed by atoms with van der Waals surface area (Å²) in [6.07, 6.45) is 0.659. The molecule has 0 saturated heterocycles. The van der Waals surface area contributed by atoms with Crippen molar-refractivity contribution in [3.8, 4) is 10.7 Å². The van der Waals surface area contributed by atoms with Gasteiger partial charge in [0.2, 0.25) is 17.6 Å². The second-order valence-corrected chi connectivity index (χ2v) is 6.67. The molecule has 1 atom stereocenters. The summed E-state index contributed by atoms with van der Waals surface area (Å²) >= 11 is 1.53. The molecule has 7 heteroatoms. The van der Waals surface area contributed by atoms with E-state index in [4.69, 9.17) is 4.52 Å². The number of hydrogen-bond donors (Lipinski definition) is 0. The van der Waals surface area contributed by atoms with Crippen molar-refractivity contribution in [2.45, 2.75) is 25.8 Å². The van der Waals surface area contributed by atoms with Crippen LogP contribution in [0.1, 0.15) is 30.8 Å². The van der Waals surface area contributed by atoms with Gasteiger partial charge in [-0.1, -0.05) is 23.4 Å². The highest BCUT2D eigenvalue weighted by molar-refractivity contribution is 7.13. The van der Waals surface area contributed by atoms with E-state index in [2.05, 4.69) is 10.1 Å². The summed E-state index contributed by atoms with van der Waals surface area (Å²) in [5.74, 6) is 0.667. The molecule has 25 heavy (non-hydrogen) atoms. The van der Waals surface area contributed by atoms with Crippen molar-refractivity contribution < 1.29 is 13.7 Å². The molecule has 0 aliphatic heterocycles. The molecule has 130 valence electrons. The average molecular weight is 359 g/mol. The summed E-state index contributed by atoms with van der Waals surface area (Å²) in [6, 6.07) is 9.87. The molecule has 0 fully saturated rings. The summed E-state index contributed by atoms with van der Waals surface area (Å²) in [6.45, 7) is 1.91. The fourth-order valence-electron chi connectivity index (χ4n) is 2.43. The van der Waals surface area contributed by atoms with E-state index in [0.717, 1.165) is 10.4 Å². The summed E-state index contributed by atoms with van der Waals surface area (Å²) in [7, 11) is 1.74. The van der Waals surface area contributed by atoms with E-state index in [1.54, 1.807) is 24.1 Å². The number of halogens is 1. The first-order valence-electron chi connectivity index (χ1n) is 7.92. The van der Waals surface area contributed by atoms with Gasteiger partial charge in [-0.05, 0) is 36.1 Å². The number of aromatic nitrogens is 2.